The van der Waals surface area contributed by atoms with Crippen LogP contribution in [0.1, 0.15) is 5.82 Å². The molecule has 0 bridgehead atoms. The second-order valence-corrected chi connectivity index (χ2v) is 10.5. The van der Waals surface area contributed by atoms with Crippen molar-refractivity contribution in [2.45, 2.75) is 16.7 Å². The Labute approximate surface area is 180 Å². The Kier molecular flexibility index (Phi) is 5.79. The Morgan fingerprint density at radius 3 is 2.32 bits per heavy atom. The smallest absolute Gasteiger partial charge is 0.261 e. The predicted molar refractivity (Wildman–Crippen MR) is 113 cm³/mol. The number of morpholine rings is 1. The van der Waals surface area contributed by atoms with Gasteiger partial charge in [0.25, 0.3) is 10.0 Å². The standard InChI is InChI=1S/C19H21N5O5S2/c1-14-20-19(22-21-14)15-3-2-4-16(13-15)23-30(25,26)17-5-7-18(8-6-17)31(27,28)24-9-11-29-12-10-24/h2-8,13,23H,9-12H2,1H3,(H,20,21,22). The summed E-state index contributed by atoms with van der Waals surface area (Å²) in [5.41, 5.74) is 0.987. The monoisotopic (exact) mass is 463 g/mol. The van der Waals surface area contributed by atoms with Crippen molar-refractivity contribution in [3.63, 3.8) is 0 Å². The molecule has 0 saturated carbocycles. The third-order valence-corrected chi connectivity index (χ3v) is 8.02. The molecule has 0 radical (unpaired) electrons. The molecule has 4 rings (SSSR count). The Bertz CT molecular complexity index is 1280. The summed E-state index contributed by atoms with van der Waals surface area (Å²) in [5, 5.41) is 6.81. The van der Waals surface area contributed by atoms with Gasteiger partial charge in [-0.1, -0.05) is 12.1 Å². The van der Waals surface area contributed by atoms with E-state index in [1.54, 1.807) is 31.2 Å². The summed E-state index contributed by atoms with van der Waals surface area (Å²) >= 11 is 0. The number of H-pyrrole nitrogens is 1. The van der Waals surface area contributed by atoms with E-state index in [1.807, 2.05) is 0 Å². The van der Waals surface area contributed by atoms with Gasteiger partial charge in [0.15, 0.2) is 5.82 Å². The van der Waals surface area contributed by atoms with E-state index in [-0.39, 0.29) is 22.9 Å². The van der Waals surface area contributed by atoms with Gasteiger partial charge in [-0.05, 0) is 43.3 Å². The lowest BCUT2D eigenvalue weighted by Gasteiger charge is -2.26. The van der Waals surface area contributed by atoms with Crippen LogP contribution in [0.4, 0.5) is 5.69 Å². The minimum absolute atomic E-state index is 0.0373. The quantitative estimate of drug-likeness (QED) is 0.567. The van der Waals surface area contributed by atoms with Crippen LogP contribution in [-0.2, 0) is 24.8 Å². The average Bonchev–Trinajstić information content (AvgIpc) is 3.21. The molecule has 1 aromatic heterocycles. The number of aromatic nitrogens is 3. The van der Waals surface area contributed by atoms with Crippen LogP contribution in [0, 0.1) is 6.92 Å². The molecule has 2 heterocycles. The lowest BCUT2D eigenvalue weighted by atomic mass is 10.2. The highest BCUT2D eigenvalue weighted by atomic mass is 32.2. The van der Waals surface area contributed by atoms with Crippen LogP contribution in [-0.4, -0.2) is 62.6 Å². The van der Waals surface area contributed by atoms with Crippen molar-refractivity contribution in [2.75, 3.05) is 31.0 Å². The minimum atomic E-state index is -3.92. The van der Waals surface area contributed by atoms with Crippen molar-refractivity contribution in [3.8, 4) is 11.4 Å². The number of rotatable bonds is 6. The molecule has 12 heteroatoms. The number of anilines is 1. The Morgan fingerprint density at radius 1 is 1.00 bits per heavy atom. The van der Waals surface area contributed by atoms with Gasteiger partial charge in [-0.25, -0.2) is 21.8 Å². The molecule has 3 aromatic rings. The molecule has 1 aliphatic heterocycles. The van der Waals surface area contributed by atoms with Gasteiger partial charge in [0.05, 0.1) is 23.0 Å². The fourth-order valence-electron chi connectivity index (χ4n) is 3.13. The zero-order valence-electron chi connectivity index (χ0n) is 16.6. The number of aromatic amines is 1. The van der Waals surface area contributed by atoms with E-state index in [0.29, 0.717) is 36.1 Å². The van der Waals surface area contributed by atoms with Gasteiger partial charge in [0, 0.05) is 24.3 Å². The van der Waals surface area contributed by atoms with Gasteiger partial charge < -0.3 is 4.74 Å². The first kappa shape index (κ1) is 21.4. The predicted octanol–water partition coefficient (Wildman–Crippen LogP) is 1.60. The summed E-state index contributed by atoms with van der Waals surface area (Å²) in [5.74, 6) is 1.10. The molecular formula is C19H21N5O5S2. The molecule has 1 aliphatic rings. The third kappa shape index (κ3) is 4.61. The molecule has 1 saturated heterocycles. The summed E-state index contributed by atoms with van der Waals surface area (Å²) in [6.45, 7) is 2.98. The fourth-order valence-corrected chi connectivity index (χ4v) is 5.59. The number of benzene rings is 2. The van der Waals surface area contributed by atoms with Crippen molar-refractivity contribution in [1.29, 1.82) is 0 Å². The highest BCUT2D eigenvalue weighted by Gasteiger charge is 2.27. The molecule has 0 aliphatic carbocycles. The first-order chi connectivity index (χ1) is 14.8. The molecule has 164 valence electrons. The molecule has 0 atom stereocenters. The van der Waals surface area contributed by atoms with E-state index in [2.05, 4.69) is 19.9 Å². The largest absolute Gasteiger partial charge is 0.379 e. The first-order valence-corrected chi connectivity index (χ1v) is 12.4. The second-order valence-electron chi connectivity index (χ2n) is 6.92. The van der Waals surface area contributed by atoms with E-state index >= 15 is 0 Å². The highest BCUT2D eigenvalue weighted by molar-refractivity contribution is 7.92. The summed E-state index contributed by atoms with van der Waals surface area (Å²) in [7, 11) is -7.62. The van der Waals surface area contributed by atoms with Crippen LogP contribution < -0.4 is 4.72 Å². The molecular weight excluding hydrogens is 442 g/mol. The van der Waals surface area contributed by atoms with Crippen molar-refractivity contribution < 1.29 is 21.6 Å². The summed E-state index contributed by atoms with van der Waals surface area (Å²) in [6.07, 6.45) is 0. The zero-order valence-corrected chi connectivity index (χ0v) is 18.3. The highest BCUT2D eigenvalue weighted by Crippen LogP contribution is 2.24. The number of aryl methyl sites for hydroxylation is 1. The molecule has 2 N–H and O–H groups in total. The second kappa shape index (κ2) is 8.38. The van der Waals surface area contributed by atoms with Gasteiger partial charge >= 0.3 is 0 Å². The molecule has 2 aromatic carbocycles. The summed E-state index contributed by atoms with van der Waals surface area (Å²) in [6, 6.07) is 11.8. The van der Waals surface area contributed by atoms with Crippen LogP contribution in [0.3, 0.4) is 0 Å². The number of sulfonamides is 2. The molecule has 0 spiro atoms. The van der Waals surface area contributed by atoms with E-state index in [9.17, 15) is 16.8 Å². The Morgan fingerprint density at radius 2 is 1.68 bits per heavy atom. The lowest BCUT2D eigenvalue weighted by Crippen LogP contribution is -2.40. The maximum Gasteiger partial charge on any atom is 0.261 e. The third-order valence-electron chi connectivity index (χ3n) is 4.71. The summed E-state index contributed by atoms with van der Waals surface area (Å²) in [4.78, 5) is 4.22. The van der Waals surface area contributed by atoms with Crippen LogP contribution in [0.2, 0.25) is 0 Å². The van der Waals surface area contributed by atoms with Crippen molar-refractivity contribution in [2.24, 2.45) is 0 Å². The van der Waals surface area contributed by atoms with Crippen LogP contribution in [0.5, 0.6) is 0 Å². The maximum absolute atomic E-state index is 12.8. The molecule has 0 amide bonds. The van der Waals surface area contributed by atoms with Gasteiger partial charge in [0.2, 0.25) is 10.0 Å². The molecule has 0 unspecified atom stereocenters. The van der Waals surface area contributed by atoms with Crippen molar-refractivity contribution in [3.05, 3.63) is 54.4 Å². The van der Waals surface area contributed by atoms with E-state index < -0.39 is 20.0 Å². The average molecular weight is 464 g/mol. The van der Waals surface area contributed by atoms with E-state index in [4.69, 9.17) is 4.74 Å². The van der Waals surface area contributed by atoms with Gasteiger partial charge in [-0.3, -0.25) is 9.82 Å². The number of nitrogens with one attached hydrogen (secondary N) is 2. The van der Waals surface area contributed by atoms with Crippen LogP contribution in [0.15, 0.2) is 58.3 Å². The molecule has 1 fully saturated rings. The SMILES string of the molecule is Cc1nc(-c2cccc(NS(=O)(=O)c3ccc(S(=O)(=O)N4CCOCC4)cc3)c2)n[nH]1. The molecule has 31 heavy (non-hydrogen) atoms. The maximum atomic E-state index is 12.8. The number of hydrogen-bond acceptors (Lipinski definition) is 7. The number of ether oxygens (including phenoxy) is 1. The minimum Gasteiger partial charge on any atom is -0.379 e. The zero-order chi connectivity index (χ0) is 22.1. The van der Waals surface area contributed by atoms with Gasteiger partial charge in [-0.15, -0.1) is 0 Å². The molecule has 10 nitrogen and oxygen atoms in total. The Balaban J connectivity index is 1.54. The van der Waals surface area contributed by atoms with Gasteiger partial charge in [0.1, 0.15) is 5.82 Å². The van der Waals surface area contributed by atoms with E-state index in [0.717, 1.165) is 0 Å². The Hall–Kier alpha value is -2.80. The van der Waals surface area contributed by atoms with Gasteiger partial charge in [-0.2, -0.15) is 9.40 Å². The van der Waals surface area contributed by atoms with Crippen LogP contribution >= 0.6 is 0 Å². The first-order valence-electron chi connectivity index (χ1n) is 9.46. The normalized spacial score (nSPS) is 15.6. The topological polar surface area (TPSA) is 134 Å². The van der Waals surface area contributed by atoms with Crippen molar-refractivity contribution in [1.82, 2.24) is 19.5 Å². The van der Waals surface area contributed by atoms with E-state index in [1.165, 1.54) is 28.6 Å². The fraction of sp³-hybridized carbons (Fsp3) is 0.263. The van der Waals surface area contributed by atoms with Crippen molar-refractivity contribution >= 4 is 25.7 Å². The van der Waals surface area contributed by atoms with Crippen LogP contribution in [0.25, 0.3) is 11.4 Å². The number of hydrogen-bond donors (Lipinski definition) is 2. The number of nitrogens with zero attached hydrogens (tertiary/aromatic N) is 3. The summed E-state index contributed by atoms with van der Waals surface area (Å²) < 4.78 is 60.0. The lowest BCUT2D eigenvalue weighted by molar-refractivity contribution is 0.0730.